The number of thiazole rings is 1. The molecule has 0 saturated carbocycles. The Balaban J connectivity index is 0.00000225. The molecule has 0 unspecified atom stereocenters. The lowest BCUT2D eigenvalue weighted by Crippen LogP contribution is -2.38. The van der Waals surface area contributed by atoms with Crippen LogP contribution >= 0.6 is 35.3 Å². The summed E-state index contributed by atoms with van der Waals surface area (Å²) in [5.41, 5.74) is 1.90. The highest BCUT2D eigenvalue weighted by Gasteiger charge is 2.03. The predicted molar refractivity (Wildman–Crippen MR) is 111 cm³/mol. The number of hydrogen-bond acceptors (Lipinski definition) is 3. The van der Waals surface area contributed by atoms with Crippen molar-refractivity contribution in [3.63, 3.8) is 0 Å². The lowest BCUT2D eigenvalue weighted by molar-refractivity contribution is 0.625. The number of guanidine groups is 1. The summed E-state index contributed by atoms with van der Waals surface area (Å²) in [6.45, 7) is 4.01. The number of nitrogens with one attached hydrogen (secondary N) is 2. The van der Waals surface area contributed by atoms with Crippen molar-refractivity contribution < 1.29 is 4.39 Å². The molecule has 3 rings (SSSR count). The van der Waals surface area contributed by atoms with E-state index in [1.807, 2.05) is 35.2 Å². The van der Waals surface area contributed by atoms with Crippen LogP contribution in [0.1, 0.15) is 18.2 Å². The van der Waals surface area contributed by atoms with Crippen molar-refractivity contribution in [2.75, 3.05) is 13.1 Å². The molecule has 2 N–H and O–H groups in total. The Hall–Kier alpha value is -1.68. The molecule has 0 spiro atoms. The van der Waals surface area contributed by atoms with Crippen LogP contribution in [0.15, 0.2) is 47.0 Å². The maximum atomic E-state index is 13.2. The zero-order valence-electron chi connectivity index (χ0n) is 13.9. The van der Waals surface area contributed by atoms with Gasteiger partial charge in [0.2, 0.25) is 0 Å². The highest BCUT2D eigenvalue weighted by atomic mass is 127. The molecule has 0 aliphatic rings. The smallest absolute Gasteiger partial charge is 0.193 e. The van der Waals surface area contributed by atoms with Gasteiger partial charge in [-0.25, -0.2) is 14.4 Å². The van der Waals surface area contributed by atoms with Gasteiger partial charge in [0, 0.05) is 30.9 Å². The molecule has 0 bridgehead atoms. The Morgan fingerprint density at radius 1 is 1.36 bits per heavy atom. The Kier molecular flexibility index (Phi) is 7.63. The molecular weight excluding hydrogens is 452 g/mol. The van der Waals surface area contributed by atoms with Crippen LogP contribution in [-0.4, -0.2) is 28.4 Å². The number of halogens is 2. The highest BCUT2D eigenvalue weighted by Crippen LogP contribution is 2.11. The van der Waals surface area contributed by atoms with Crippen LogP contribution < -0.4 is 10.6 Å². The normalized spacial score (nSPS) is 11.4. The first kappa shape index (κ1) is 19.6. The fourth-order valence-electron chi connectivity index (χ4n) is 2.37. The molecule has 134 valence electrons. The van der Waals surface area contributed by atoms with E-state index >= 15 is 0 Å². The number of aliphatic imine (C=N–C) groups is 1. The molecule has 0 aliphatic heterocycles. The second-order valence-electron chi connectivity index (χ2n) is 5.33. The van der Waals surface area contributed by atoms with Gasteiger partial charge in [0.15, 0.2) is 10.9 Å². The minimum Gasteiger partial charge on any atom is -0.357 e. The number of hydrogen-bond donors (Lipinski definition) is 2. The maximum Gasteiger partial charge on any atom is 0.193 e. The van der Waals surface area contributed by atoms with Crippen molar-refractivity contribution in [3.8, 4) is 0 Å². The van der Waals surface area contributed by atoms with E-state index in [9.17, 15) is 4.39 Å². The molecule has 3 aromatic rings. The first-order chi connectivity index (χ1) is 11.7. The van der Waals surface area contributed by atoms with Gasteiger partial charge < -0.3 is 10.6 Å². The van der Waals surface area contributed by atoms with Crippen molar-refractivity contribution in [2.45, 2.75) is 19.9 Å². The zero-order chi connectivity index (χ0) is 16.8. The molecule has 25 heavy (non-hydrogen) atoms. The van der Waals surface area contributed by atoms with E-state index in [4.69, 9.17) is 0 Å². The highest BCUT2D eigenvalue weighted by molar-refractivity contribution is 14.0. The molecule has 0 amide bonds. The number of fused-ring (bicyclic) bond motifs is 1. The Bertz CT molecular complexity index is 801. The van der Waals surface area contributed by atoms with Gasteiger partial charge in [-0.1, -0.05) is 12.1 Å². The average molecular weight is 473 g/mol. The largest absolute Gasteiger partial charge is 0.357 e. The van der Waals surface area contributed by atoms with Crippen LogP contribution in [0.3, 0.4) is 0 Å². The topological polar surface area (TPSA) is 53.7 Å². The number of aromatic nitrogens is 2. The second kappa shape index (κ2) is 9.71. The van der Waals surface area contributed by atoms with Crippen LogP contribution in [0.25, 0.3) is 4.96 Å². The lowest BCUT2D eigenvalue weighted by Gasteiger charge is -2.11. The molecule has 0 radical (unpaired) electrons. The Morgan fingerprint density at radius 3 is 3.00 bits per heavy atom. The number of benzene rings is 1. The minimum atomic E-state index is -0.201. The van der Waals surface area contributed by atoms with Crippen molar-refractivity contribution in [3.05, 3.63) is 59.1 Å². The van der Waals surface area contributed by atoms with Gasteiger partial charge in [-0.15, -0.1) is 35.3 Å². The van der Waals surface area contributed by atoms with Gasteiger partial charge in [-0.3, -0.25) is 4.40 Å². The third-order valence-corrected chi connectivity index (χ3v) is 4.25. The van der Waals surface area contributed by atoms with Gasteiger partial charge in [0.1, 0.15) is 5.82 Å². The summed E-state index contributed by atoms with van der Waals surface area (Å²) in [5.74, 6) is 0.540. The van der Waals surface area contributed by atoms with Gasteiger partial charge in [0.25, 0.3) is 0 Å². The third-order valence-electron chi connectivity index (χ3n) is 3.48. The molecule has 0 fully saturated rings. The van der Waals surface area contributed by atoms with E-state index in [0.29, 0.717) is 13.1 Å². The summed E-state index contributed by atoms with van der Waals surface area (Å²) in [7, 11) is 0. The summed E-state index contributed by atoms with van der Waals surface area (Å²) in [6, 6.07) is 6.67. The zero-order valence-corrected chi connectivity index (χ0v) is 17.1. The standard InChI is InChI=1S/C17H20FN5S.HI/c1-2-19-16(20-7-6-13-4-3-5-14(18)10-13)21-11-15-12-23-8-9-24-17(23)22-15;/h3-5,8-10,12H,2,6-7,11H2,1H3,(H2,19,20,21);1H. The SMILES string of the molecule is CCNC(=NCc1cn2ccsc2n1)NCCc1cccc(F)c1.I. The molecule has 5 nitrogen and oxygen atoms in total. The molecular formula is C17H21FIN5S. The van der Waals surface area contributed by atoms with Crippen LogP contribution in [-0.2, 0) is 13.0 Å². The van der Waals surface area contributed by atoms with Gasteiger partial charge in [-0.2, -0.15) is 0 Å². The van der Waals surface area contributed by atoms with Crippen molar-refractivity contribution >= 4 is 46.2 Å². The number of rotatable bonds is 6. The van der Waals surface area contributed by atoms with E-state index in [1.54, 1.807) is 23.5 Å². The summed E-state index contributed by atoms with van der Waals surface area (Å²) in [6.07, 6.45) is 4.72. The molecule has 2 aromatic heterocycles. The number of imidazole rings is 1. The van der Waals surface area contributed by atoms with E-state index in [-0.39, 0.29) is 29.8 Å². The first-order valence-electron chi connectivity index (χ1n) is 7.92. The summed E-state index contributed by atoms with van der Waals surface area (Å²) in [5, 5.41) is 8.49. The van der Waals surface area contributed by atoms with E-state index < -0.39 is 0 Å². The second-order valence-corrected chi connectivity index (χ2v) is 6.20. The van der Waals surface area contributed by atoms with Gasteiger partial charge >= 0.3 is 0 Å². The number of nitrogens with zero attached hydrogens (tertiary/aromatic N) is 3. The van der Waals surface area contributed by atoms with E-state index in [0.717, 1.165) is 35.1 Å². The molecule has 0 saturated heterocycles. The van der Waals surface area contributed by atoms with Crippen LogP contribution in [0.5, 0.6) is 0 Å². The molecule has 2 heterocycles. The Morgan fingerprint density at radius 2 is 2.24 bits per heavy atom. The van der Waals surface area contributed by atoms with Crippen molar-refractivity contribution in [1.29, 1.82) is 0 Å². The van der Waals surface area contributed by atoms with Gasteiger partial charge in [0.05, 0.1) is 12.2 Å². The Labute approximate surface area is 167 Å². The molecule has 0 atom stereocenters. The fourth-order valence-corrected chi connectivity index (χ4v) is 3.09. The summed E-state index contributed by atoms with van der Waals surface area (Å²) < 4.78 is 15.2. The molecule has 1 aromatic carbocycles. The summed E-state index contributed by atoms with van der Waals surface area (Å²) in [4.78, 5) is 10.1. The van der Waals surface area contributed by atoms with Crippen LogP contribution in [0, 0.1) is 5.82 Å². The van der Waals surface area contributed by atoms with E-state index in [2.05, 4.69) is 20.6 Å². The van der Waals surface area contributed by atoms with Crippen molar-refractivity contribution in [2.24, 2.45) is 4.99 Å². The minimum absolute atomic E-state index is 0. The first-order valence-corrected chi connectivity index (χ1v) is 8.80. The van der Waals surface area contributed by atoms with Gasteiger partial charge in [-0.05, 0) is 31.0 Å². The average Bonchev–Trinajstić information content (AvgIpc) is 3.14. The third kappa shape index (κ3) is 5.67. The van der Waals surface area contributed by atoms with Crippen molar-refractivity contribution in [1.82, 2.24) is 20.0 Å². The van der Waals surface area contributed by atoms with E-state index in [1.165, 1.54) is 6.07 Å². The summed E-state index contributed by atoms with van der Waals surface area (Å²) >= 11 is 1.61. The predicted octanol–water partition coefficient (Wildman–Crippen LogP) is 3.45. The monoisotopic (exact) mass is 473 g/mol. The molecule has 0 aliphatic carbocycles. The van der Waals surface area contributed by atoms with Crippen LogP contribution in [0.4, 0.5) is 4.39 Å². The molecule has 8 heteroatoms. The quantitative estimate of drug-likeness (QED) is 0.328. The fraction of sp³-hybridized carbons (Fsp3) is 0.294. The lowest BCUT2D eigenvalue weighted by atomic mass is 10.1. The maximum absolute atomic E-state index is 13.2. The van der Waals surface area contributed by atoms with Crippen LogP contribution in [0.2, 0.25) is 0 Å².